The fourth-order valence-electron chi connectivity index (χ4n) is 2.92. The quantitative estimate of drug-likeness (QED) is 0.449. The van der Waals surface area contributed by atoms with E-state index in [0.717, 1.165) is 22.2 Å². The molecule has 1 aromatic heterocycles. The van der Waals surface area contributed by atoms with Gasteiger partial charge in [-0.3, -0.25) is 0 Å². The molecule has 0 spiro atoms. The molecule has 3 aromatic rings. The first-order valence-electron chi connectivity index (χ1n) is 6.27. The molecule has 2 heterocycles. The summed E-state index contributed by atoms with van der Waals surface area (Å²) in [6.45, 7) is 0.405. The van der Waals surface area contributed by atoms with Gasteiger partial charge in [0.1, 0.15) is 0 Å². The van der Waals surface area contributed by atoms with Gasteiger partial charge in [-0.2, -0.15) is 0 Å². The second-order valence-electron chi connectivity index (χ2n) is 4.96. The van der Waals surface area contributed by atoms with Crippen LogP contribution in [0.1, 0.15) is 16.8 Å². The number of benzene rings is 2. The second kappa shape index (κ2) is 3.67. The van der Waals surface area contributed by atoms with Gasteiger partial charge in [-0.15, -0.1) is 0 Å². The van der Waals surface area contributed by atoms with Crippen LogP contribution in [0.3, 0.4) is 0 Å². The smallest absolute Gasteiger partial charge is 0.164 e. The van der Waals surface area contributed by atoms with Gasteiger partial charge in [0.15, 0.2) is 11.6 Å². The highest BCUT2D eigenvalue weighted by Crippen LogP contribution is 2.30. The van der Waals surface area contributed by atoms with Gasteiger partial charge < -0.3 is 4.57 Å². The van der Waals surface area contributed by atoms with E-state index in [0.29, 0.717) is 18.5 Å². The number of para-hydroxylation sites is 1. The van der Waals surface area contributed by atoms with Crippen molar-refractivity contribution in [2.24, 2.45) is 0 Å². The molecule has 1 aliphatic rings. The van der Waals surface area contributed by atoms with Gasteiger partial charge in [0.2, 0.25) is 0 Å². The summed E-state index contributed by atoms with van der Waals surface area (Å²) < 4.78 is 29.3. The average molecular weight is 255 g/mol. The highest BCUT2D eigenvalue weighted by molar-refractivity contribution is 5.81. The van der Waals surface area contributed by atoms with Crippen molar-refractivity contribution in [3.05, 3.63) is 70.9 Å². The van der Waals surface area contributed by atoms with E-state index in [-0.39, 0.29) is 0 Å². The third-order valence-corrected chi connectivity index (χ3v) is 3.88. The van der Waals surface area contributed by atoms with Crippen molar-refractivity contribution in [2.75, 3.05) is 0 Å². The molecular formula is C16H11F2N. The van der Waals surface area contributed by atoms with E-state index in [1.807, 2.05) is 24.3 Å². The van der Waals surface area contributed by atoms with Gasteiger partial charge in [-0.25, -0.2) is 8.78 Å². The molecule has 0 unspecified atom stereocenters. The van der Waals surface area contributed by atoms with Crippen LogP contribution in [-0.2, 0) is 13.0 Å². The Morgan fingerprint density at radius 1 is 1.00 bits per heavy atom. The molecule has 0 atom stereocenters. The Hall–Kier alpha value is -2.16. The lowest BCUT2D eigenvalue weighted by Crippen LogP contribution is -2.15. The molecular weight excluding hydrogens is 244 g/mol. The molecule has 1 nitrogen and oxygen atoms in total. The Morgan fingerprint density at radius 3 is 2.74 bits per heavy atom. The maximum absolute atomic E-state index is 13.9. The van der Waals surface area contributed by atoms with Gasteiger partial charge >= 0.3 is 0 Å². The van der Waals surface area contributed by atoms with Gasteiger partial charge in [0.05, 0.1) is 6.54 Å². The molecule has 0 saturated carbocycles. The molecule has 3 heteroatoms. The minimum absolute atomic E-state index is 0.405. The van der Waals surface area contributed by atoms with Crippen molar-refractivity contribution < 1.29 is 8.78 Å². The standard InChI is InChI=1S/C16H11F2N/c17-14-6-5-10-7-12-8-11-3-1-2-4-15(11)19(12)9-13(10)16(14)18/h1-6,8H,7,9H2. The van der Waals surface area contributed by atoms with Crippen LogP contribution in [0.25, 0.3) is 10.9 Å². The Labute approximate surface area is 109 Å². The van der Waals surface area contributed by atoms with Gasteiger partial charge in [0, 0.05) is 23.2 Å². The lowest BCUT2D eigenvalue weighted by atomic mass is 9.98. The predicted octanol–water partition coefficient (Wildman–Crippen LogP) is 3.87. The summed E-state index contributed by atoms with van der Waals surface area (Å²) in [6, 6.07) is 13.0. The number of halogens is 2. The number of rotatable bonds is 0. The van der Waals surface area contributed by atoms with E-state index < -0.39 is 11.6 Å². The third kappa shape index (κ3) is 1.44. The second-order valence-corrected chi connectivity index (χ2v) is 4.96. The van der Waals surface area contributed by atoms with Crippen molar-refractivity contribution in [1.82, 2.24) is 4.57 Å². The summed E-state index contributed by atoms with van der Waals surface area (Å²) in [5.41, 5.74) is 3.59. The van der Waals surface area contributed by atoms with Crippen molar-refractivity contribution in [2.45, 2.75) is 13.0 Å². The molecule has 4 rings (SSSR count). The van der Waals surface area contributed by atoms with Crippen LogP contribution in [0.2, 0.25) is 0 Å². The minimum Gasteiger partial charge on any atom is -0.340 e. The molecule has 94 valence electrons. The molecule has 0 radical (unpaired) electrons. The van der Waals surface area contributed by atoms with E-state index in [2.05, 4.69) is 10.6 Å². The van der Waals surface area contributed by atoms with Crippen LogP contribution < -0.4 is 0 Å². The number of aromatic nitrogens is 1. The van der Waals surface area contributed by atoms with E-state index in [1.165, 1.54) is 6.07 Å². The van der Waals surface area contributed by atoms with Gasteiger partial charge in [-0.1, -0.05) is 24.3 Å². The van der Waals surface area contributed by atoms with Crippen molar-refractivity contribution in [3.63, 3.8) is 0 Å². The van der Waals surface area contributed by atoms with Crippen LogP contribution in [0.5, 0.6) is 0 Å². The number of fused-ring (bicyclic) bond motifs is 4. The third-order valence-electron chi connectivity index (χ3n) is 3.88. The van der Waals surface area contributed by atoms with Crippen LogP contribution in [0.15, 0.2) is 42.5 Å². The molecule has 1 aliphatic heterocycles. The number of nitrogens with zero attached hydrogens (tertiary/aromatic N) is 1. The maximum atomic E-state index is 13.9. The minimum atomic E-state index is -0.765. The molecule has 0 bridgehead atoms. The molecule has 0 amide bonds. The summed E-state index contributed by atoms with van der Waals surface area (Å²) in [6.07, 6.45) is 0.654. The van der Waals surface area contributed by atoms with Crippen LogP contribution in [0.4, 0.5) is 8.78 Å². The zero-order valence-electron chi connectivity index (χ0n) is 10.2. The van der Waals surface area contributed by atoms with Crippen LogP contribution >= 0.6 is 0 Å². The average Bonchev–Trinajstić information content (AvgIpc) is 2.79. The predicted molar refractivity (Wildman–Crippen MR) is 70.2 cm³/mol. The van der Waals surface area contributed by atoms with E-state index in [9.17, 15) is 8.78 Å². The fourth-order valence-corrected chi connectivity index (χ4v) is 2.92. The topological polar surface area (TPSA) is 4.93 Å². The lowest BCUT2D eigenvalue weighted by molar-refractivity contribution is 0.490. The molecule has 2 aromatic carbocycles. The first-order chi connectivity index (χ1) is 9.24. The summed E-state index contributed by atoms with van der Waals surface area (Å²) in [5, 5.41) is 1.14. The first kappa shape index (κ1) is 10.7. The van der Waals surface area contributed by atoms with E-state index in [4.69, 9.17) is 0 Å². The molecule has 0 fully saturated rings. The van der Waals surface area contributed by atoms with Crippen molar-refractivity contribution in [1.29, 1.82) is 0 Å². The monoisotopic (exact) mass is 255 g/mol. The Balaban J connectivity index is 1.96. The largest absolute Gasteiger partial charge is 0.340 e. The Kier molecular flexibility index (Phi) is 2.07. The molecule has 0 aliphatic carbocycles. The Morgan fingerprint density at radius 2 is 1.84 bits per heavy atom. The van der Waals surface area contributed by atoms with Crippen LogP contribution in [0, 0.1) is 11.6 Å². The van der Waals surface area contributed by atoms with E-state index >= 15 is 0 Å². The SMILES string of the molecule is Fc1ccc2c(c1F)Cn1c(cc3ccccc31)C2. The summed E-state index contributed by atoms with van der Waals surface area (Å²) in [4.78, 5) is 0. The lowest BCUT2D eigenvalue weighted by Gasteiger charge is -2.20. The molecule has 19 heavy (non-hydrogen) atoms. The van der Waals surface area contributed by atoms with Crippen molar-refractivity contribution >= 4 is 10.9 Å². The normalized spacial score (nSPS) is 13.4. The zero-order valence-corrected chi connectivity index (χ0v) is 10.2. The highest BCUT2D eigenvalue weighted by Gasteiger charge is 2.21. The number of hydrogen-bond donors (Lipinski definition) is 0. The summed E-state index contributed by atoms with van der Waals surface area (Å²) in [5.74, 6) is -1.47. The first-order valence-corrected chi connectivity index (χ1v) is 6.27. The fraction of sp³-hybridized carbons (Fsp3) is 0.125. The molecule has 0 saturated heterocycles. The Bertz CT molecular complexity index is 802. The molecule has 0 N–H and O–H groups in total. The summed E-state index contributed by atoms with van der Waals surface area (Å²) in [7, 11) is 0. The number of hydrogen-bond acceptors (Lipinski definition) is 0. The zero-order chi connectivity index (χ0) is 13.0. The maximum Gasteiger partial charge on any atom is 0.164 e. The van der Waals surface area contributed by atoms with E-state index in [1.54, 1.807) is 6.07 Å². The van der Waals surface area contributed by atoms with Crippen LogP contribution in [-0.4, -0.2) is 4.57 Å². The van der Waals surface area contributed by atoms with Gasteiger partial charge in [0.25, 0.3) is 0 Å². The highest BCUT2D eigenvalue weighted by atomic mass is 19.2. The summed E-state index contributed by atoms with van der Waals surface area (Å²) >= 11 is 0. The van der Waals surface area contributed by atoms with Crippen molar-refractivity contribution in [3.8, 4) is 0 Å². The van der Waals surface area contributed by atoms with Gasteiger partial charge in [-0.05, 0) is 29.1 Å².